The summed E-state index contributed by atoms with van der Waals surface area (Å²) in [5.41, 5.74) is -0.813. The molecule has 2 nitrogen and oxygen atoms in total. The lowest BCUT2D eigenvalue weighted by atomic mass is 10.1. The molecule has 0 aliphatic rings. The number of hydrogen-bond acceptors (Lipinski definition) is 2. The third kappa shape index (κ3) is 3.90. The molecule has 0 aliphatic carbocycles. The summed E-state index contributed by atoms with van der Waals surface area (Å²) in [6, 6.07) is 5.02. The Hall–Kier alpha value is -0.440. The highest BCUT2D eigenvalue weighted by Gasteiger charge is 2.18. The molecule has 0 spiro atoms. The molecule has 0 saturated carbocycles. The van der Waals surface area contributed by atoms with Crippen LogP contribution in [0, 0.1) is 0 Å². The van der Waals surface area contributed by atoms with Gasteiger partial charge in [0.25, 0.3) is 0 Å². The van der Waals surface area contributed by atoms with E-state index in [-0.39, 0.29) is 6.61 Å². The van der Waals surface area contributed by atoms with Crippen molar-refractivity contribution in [2.75, 3.05) is 6.61 Å². The average molecular weight is 249 g/mol. The van der Waals surface area contributed by atoms with E-state index in [1.54, 1.807) is 25.1 Å². The van der Waals surface area contributed by atoms with E-state index in [9.17, 15) is 5.11 Å². The molecule has 1 rings (SSSR count). The van der Waals surface area contributed by atoms with Crippen LogP contribution in [0.1, 0.15) is 20.3 Å². The zero-order valence-corrected chi connectivity index (χ0v) is 10.3. The second kappa shape index (κ2) is 5.06. The molecule has 0 amide bonds. The summed E-state index contributed by atoms with van der Waals surface area (Å²) < 4.78 is 5.40. The number of hydrogen-bond donors (Lipinski definition) is 1. The molecule has 0 aliphatic heterocycles. The highest BCUT2D eigenvalue weighted by Crippen LogP contribution is 2.26. The monoisotopic (exact) mass is 248 g/mol. The normalized spacial score (nSPS) is 14.7. The molecular weight excluding hydrogens is 235 g/mol. The van der Waals surface area contributed by atoms with E-state index in [0.717, 1.165) is 0 Å². The molecule has 0 aromatic heterocycles. The van der Waals surface area contributed by atoms with Gasteiger partial charge in [-0.05, 0) is 25.5 Å². The topological polar surface area (TPSA) is 29.5 Å². The van der Waals surface area contributed by atoms with Gasteiger partial charge in [0.1, 0.15) is 12.4 Å². The first kappa shape index (κ1) is 12.6. The van der Waals surface area contributed by atoms with E-state index in [4.69, 9.17) is 27.9 Å². The lowest BCUT2D eigenvalue weighted by Gasteiger charge is -2.21. The summed E-state index contributed by atoms with van der Waals surface area (Å²) in [6.45, 7) is 3.87. The lowest BCUT2D eigenvalue weighted by molar-refractivity contribution is 0.00847. The van der Waals surface area contributed by atoms with Crippen molar-refractivity contribution in [2.24, 2.45) is 0 Å². The lowest BCUT2D eigenvalue weighted by Crippen LogP contribution is -2.31. The first-order chi connectivity index (χ1) is 6.94. The molecule has 1 atom stereocenters. The molecule has 0 fully saturated rings. The third-order valence-electron chi connectivity index (χ3n) is 2.20. The molecular formula is C11H14Cl2O2. The van der Waals surface area contributed by atoms with Crippen molar-refractivity contribution in [3.8, 4) is 5.75 Å². The van der Waals surface area contributed by atoms with Gasteiger partial charge in [-0.3, -0.25) is 0 Å². The predicted octanol–water partition coefficient (Wildman–Crippen LogP) is 3.53. The molecule has 84 valence electrons. The van der Waals surface area contributed by atoms with Crippen LogP contribution >= 0.6 is 23.2 Å². The van der Waals surface area contributed by atoms with Gasteiger partial charge in [-0.1, -0.05) is 30.1 Å². The molecule has 0 heterocycles. The number of halogens is 2. The van der Waals surface area contributed by atoms with Gasteiger partial charge in [0.05, 0.1) is 15.6 Å². The first-order valence-electron chi connectivity index (χ1n) is 4.75. The average Bonchev–Trinajstić information content (AvgIpc) is 2.20. The minimum absolute atomic E-state index is 0.238. The Morgan fingerprint density at radius 3 is 2.53 bits per heavy atom. The van der Waals surface area contributed by atoms with Crippen LogP contribution in [0.15, 0.2) is 18.2 Å². The molecule has 0 saturated heterocycles. The van der Waals surface area contributed by atoms with Crippen molar-refractivity contribution in [3.05, 3.63) is 28.2 Å². The van der Waals surface area contributed by atoms with Crippen LogP contribution in [0.5, 0.6) is 5.75 Å². The Bertz CT molecular complexity index is 337. The van der Waals surface area contributed by atoms with Crippen molar-refractivity contribution in [1.82, 2.24) is 0 Å². The molecule has 1 unspecified atom stereocenters. The maximum absolute atomic E-state index is 9.72. The van der Waals surface area contributed by atoms with E-state index in [0.29, 0.717) is 22.2 Å². The number of aliphatic hydroxyl groups is 1. The smallest absolute Gasteiger partial charge is 0.121 e. The Morgan fingerprint density at radius 1 is 1.33 bits per heavy atom. The number of rotatable bonds is 4. The fourth-order valence-corrected chi connectivity index (χ4v) is 1.20. The van der Waals surface area contributed by atoms with Gasteiger partial charge >= 0.3 is 0 Å². The third-order valence-corrected chi connectivity index (χ3v) is 2.94. The van der Waals surface area contributed by atoms with Crippen LogP contribution in [0.2, 0.25) is 10.0 Å². The van der Waals surface area contributed by atoms with Gasteiger partial charge in [0, 0.05) is 6.07 Å². The van der Waals surface area contributed by atoms with Gasteiger partial charge in [-0.15, -0.1) is 0 Å². The van der Waals surface area contributed by atoms with E-state index in [1.807, 2.05) is 6.92 Å². The molecule has 1 aromatic carbocycles. The SMILES string of the molecule is CCC(C)(O)COc1ccc(Cl)c(Cl)c1. The number of benzene rings is 1. The summed E-state index contributed by atoms with van der Waals surface area (Å²) in [7, 11) is 0. The Balaban J connectivity index is 2.62. The van der Waals surface area contributed by atoms with Gasteiger partial charge in [0.2, 0.25) is 0 Å². The summed E-state index contributed by atoms with van der Waals surface area (Å²) in [6.07, 6.45) is 0.633. The second-order valence-corrected chi connectivity index (χ2v) is 4.53. The highest BCUT2D eigenvalue weighted by atomic mass is 35.5. The largest absolute Gasteiger partial charge is 0.491 e. The fourth-order valence-electron chi connectivity index (χ4n) is 0.908. The van der Waals surface area contributed by atoms with Crippen molar-refractivity contribution in [1.29, 1.82) is 0 Å². The standard InChI is InChI=1S/C11H14Cl2O2/c1-3-11(2,14)7-15-8-4-5-9(12)10(13)6-8/h4-6,14H,3,7H2,1-2H3. The molecule has 1 aromatic rings. The molecule has 4 heteroatoms. The van der Waals surface area contributed by atoms with Crippen LogP contribution in [-0.4, -0.2) is 17.3 Å². The van der Waals surface area contributed by atoms with Crippen molar-refractivity contribution in [3.63, 3.8) is 0 Å². The first-order valence-corrected chi connectivity index (χ1v) is 5.50. The van der Waals surface area contributed by atoms with Gasteiger partial charge in [-0.2, -0.15) is 0 Å². The summed E-state index contributed by atoms with van der Waals surface area (Å²) in [5.74, 6) is 0.609. The molecule has 0 radical (unpaired) electrons. The highest BCUT2D eigenvalue weighted by molar-refractivity contribution is 6.42. The quantitative estimate of drug-likeness (QED) is 0.884. The van der Waals surface area contributed by atoms with Crippen LogP contribution in [0.3, 0.4) is 0 Å². The Morgan fingerprint density at radius 2 is 2.00 bits per heavy atom. The van der Waals surface area contributed by atoms with Crippen LogP contribution in [0.25, 0.3) is 0 Å². The van der Waals surface area contributed by atoms with Gasteiger partial charge in [0.15, 0.2) is 0 Å². The fraction of sp³-hybridized carbons (Fsp3) is 0.455. The molecule has 1 N–H and O–H groups in total. The van der Waals surface area contributed by atoms with E-state index in [1.165, 1.54) is 0 Å². The minimum atomic E-state index is -0.813. The van der Waals surface area contributed by atoms with E-state index < -0.39 is 5.60 Å². The van der Waals surface area contributed by atoms with Gasteiger partial charge < -0.3 is 9.84 Å². The van der Waals surface area contributed by atoms with Gasteiger partial charge in [-0.25, -0.2) is 0 Å². The van der Waals surface area contributed by atoms with Crippen molar-refractivity contribution >= 4 is 23.2 Å². The zero-order chi connectivity index (χ0) is 11.5. The second-order valence-electron chi connectivity index (χ2n) is 3.72. The zero-order valence-electron chi connectivity index (χ0n) is 8.76. The van der Waals surface area contributed by atoms with Crippen LogP contribution in [0.4, 0.5) is 0 Å². The molecule has 15 heavy (non-hydrogen) atoms. The van der Waals surface area contributed by atoms with E-state index in [2.05, 4.69) is 0 Å². The predicted molar refractivity (Wildman–Crippen MR) is 62.9 cm³/mol. The minimum Gasteiger partial charge on any atom is -0.491 e. The summed E-state index contributed by atoms with van der Waals surface area (Å²) in [5, 5.41) is 10.7. The summed E-state index contributed by atoms with van der Waals surface area (Å²) in [4.78, 5) is 0. The van der Waals surface area contributed by atoms with Crippen LogP contribution in [-0.2, 0) is 0 Å². The summed E-state index contributed by atoms with van der Waals surface area (Å²) >= 11 is 11.6. The maximum atomic E-state index is 9.72. The Labute approximate surface area is 99.8 Å². The number of ether oxygens (including phenoxy) is 1. The van der Waals surface area contributed by atoms with E-state index >= 15 is 0 Å². The van der Waals surface area contributed by atoms with Crippen LogP contribution < -0.4 is 4.74 Å². The Kier molecular flexibility index (Phi) is 4.26. The molecule has 0 bridgehead atoms. The van der Waals surface area contributed by atoms with Crippen molar-refractivity contribution < 1.29 is 9.84 Å². The van der Waals surface area contributed by atoms with Crippen molar-refractivity contribution in [2.45, 2.75) is 25.9 Å². The maximum Gasteiger partial charge on any atom is 0.121 e.